The van der Waals surface area contributed by atoms with E-state index in [0.29, 0.717) is 27.6 Å². The Bertz CT molecular complexity index is 1130. The molecule has 2 heterocycles. The fourth-order valence-electron chi connectivity index (χ4n) is 2.70. The highest BCUT2D eigenvalue weighted by Gasteiger charge is 2.16. The second kappa shape index (κ2) is 8.04. The molecule has 144 valence electrons. The number of thiazole rings is 1. The van der Waals surface area contributed by atoms with E-state index in [9.17, 15) is 10.1 Å². The van der Waals surface area contributed by atoms with E-state index in [-0.39, 0.29) is 6.79 Å². The van der Waals surface area contributed by atoms with Gasteiger partial charge in [-0.15, -0.1) is 11.3 Å². The number of carbonyl (C=O) groups is 1. The summed E-state index contributed by atoms with van der Waals surface area (Å²) in [7, 11) is 1.34. The van der Waals surface area contributed by atoms with Gasteiger partial charge in [0.25, 0.3) is 0 Å². The number of aromatic nitrogens is 1. The van der Waals surface area contributed by atoms with Gasteiger partial charge in [-0.3, -0.25) is 0 Å². The number of anilines is 1. The number of allylic oxidation sites excluding steroid dienone is 1. The smallest absolute Gasteiger partial charge is 0.337 e. The Morgan fingerprint density at radius 2 is 2.03 bits per heavy atom. The molecule has 1 aliphatic heterocycles. The minimum absolute atomic E-state index is 0.217. The number of rotatable bonds is 5. The van der Waals surface area contributed by atoms with Gasteiger partial charge in [0.1, 0.15) is 16.6 Å². The summed E-state index contributed by atoms with van der Waals surface area (Å²) in [6.45, 7) is 0.217. The van der Waals surface area contributed by atoms with Gasteiger partial charge in [-0.05, 0) is 42.5 Å². The van der Waals surface area contributed by atoms with Crippen molar-refractivity contribution in [2.24, 2.45) is 0 Å². The summed E-state index contributed by atoms with van der Waals surface area (Å²) in [4.78, 5) is 16.1. The first-order valence-electron chi connectivity index (χ1n) is 8.59. The molecule has 0 unspecified atom stereocenters. The third kappa shape index (κ3) is 3.90. The van der Waals surface area contributed by atoms with E-state index in [0.717, 1.165) is 16.9 Å². The largest absolute Gasteiger partial charge is 0.465 e. The van der Waals surface area contributed by atoms with Crippen LogP contribution >= 0.6 is 11.3 Å². The molecule has 1 aliphatic rings. The van der Waals surface area contributed by atoms with Gasteiger partial charge in [0.2, 0.25) is 6.79 Å². The number of fused-ring (bicyclic) bond motifs is 1. The molecule has 0 saturated carbocycles. The Morgan fingerprint density at radius 1 is 1.24 bits per heavy atom. The number of nitrogens with one attached hydrogen (secondary N) is 1. The Hall–Kier alpha value is -3.83. The van der Waals surface area contributed by atoms with Gasteiger partial charge in [-0.1, -0.05) is 0 Å². The van der Waals surface area contributed by atoms with Gasteiger partial charge in [-0.25, -0.2) is 9.78 Å². The maximum atomic E-state index is 11.5. The van der Waals surface area contributed by atoms with Crippen LogP contribution in [-0.4, -0.2) is 24.9 Å². The van der Waals surface area contributed by atoms with Crippen LogP contribution in [0.1, 0.15) is 15.4 Å². The second-order valence-electron chi connectivity index (χ2n) is 5.99. The van der Waals surface area contributed by atoms with E-state index in [1.54, 1.807) is 30.5 Å². The van der Waals surface area contributed by atoms with Crippen molar-refractivity contribution >= 4 is 28.6 Å². The van der Waals surface area contributed by atoms with Crippen LogP contribution in [0.3, 0.4) is 0 Å². The summed E-state index contributed by atoms with van der Waals surface area (Å²) in [6.07, 6.45) is 1.59. The predicted molar refractivity (Wildman–Crippen MR) is 109 cm³/mol. The molecule has 0 aliphatic carbocycles. The lowest BCUT2D eigenvalue weighted by molar-refractivity contribution is 0.0600. The summed E-state index contributed by atoms with van der Waals surface area (Å²) in [6, 6.07) is 14.5. The lowest BCUT2D eigenvalue weighted by Crippen LogP contribution is -2.00. The van der Waals surface area contributed by atoms with Crippen molar-refractivity contribution < 1.29 is 19.0 Å². The van der Waals surface area contributed by atoms with Crippen LogP contribution in [0.25, 0.3) is 16.8 Å². The summed E-state index contributed by atoms with van der Waals surface area (Å²) in [5, 5.41) is 15.1. The number of nitrogens with zero attached hydrogens (tertiary/aromatic N) is 2. The molecule has 1 N–H and O–H groups in total. The first-order chi connectivity index (χ1) is 14.2. The first-order valence-corrected chi connectivity index (χ1v) is 9.47. The molecule has 1 aromatic heterocycles. The molecule has 0 atom stereocenters. The molecule has 4 rings (SSSR count). The van der Waals surface area contributed by atoms with Crippen molar-refractivity contribution in [3.05, 3.63) is 64.6 Å². The Labute approximate surface area is 170 Å². The highest BCUT2D eigenvalue weighted by molar-refractivity contribution is 7.11. The SMILES string of the molecule is COC(=O)c1ccc(NC=C(C#N)c2nc(-c3ccc4c(c3)OCO4)cs2)cc1. The molecule has 29 heavy (non-hydrogen) atoms. The Morgan fingerprint density at radius 3 is 2.79 bits per heavy atom. The summed E-state index contributed by atoms with van der Waals surface area (Å²) in [5.74, 6) is 0.998. The summed E-state index contributed by atoms with van der Waals surface area (Å²) >= 11 is 1.38. The molecule has 3 aromatic rings. The fraction of sp³-hybridized carbons (Fsp3) is 0.0952. The zero-order chi connectivity index (χ0) is 20.2. The number of methoxy groups -OCH3 is 1. The minimum Gasteiger partial charge on any atom is -0.465 e. The van der Waals surface area contributed by atoms with E-state index < -0.39 is 5.97 Å². The quantitative estimate of drug-likeness (QED) is 0.499. The Balaban J connectivity index is 1.51. The van der Waals surface area contributed by atoms with Crippen LogP contribution in [0.4, 0.5) is 5.69 Å². The first kappa shape index (κ1) is 18.5. The lowest BCUT2D eigenvalue weighted by atomic mass is 10.1. The van der Waals surface area contributed by atoms with E-state index in [1.807, 2.05) is 23.6 Å². The maximum Gasteiger partial charge on any atom is 0.337 e. The van der Waals surface area contributed by atoms with Gasteiger partial charge >= 0.3 is 5.97 Å². The number of nitriles is 1. The van der Waals surface area contributed by atoms with Crippen molar-refractivity contribution in [3.63, 3.8) is 0 Å². The van der Waals surface area contributed by atoms with Gasteiger partial charge in [0.05, 0.1) is 18.4 Å². The molecule has 0 bridgehead atoms. The van der Waals surface area contributed by atoms with Crippen LogP contribution in [0.2, 0.25) is 0 Å². The second-order valence-corrected chi connectivity index (χ2v) is 6.85. The predicted octanol–water partition coefficient (Wildman–Crippen LogP) is 4.30. The number of hydrogen-bond acceptors (Lipinski definition) is 8. The molecule has 0 fully saturated rings. The van der Waals surface area contributed by atoms with E-state index in [4.69, 9.17) is 9.47 Å². The number of carbonyl (C=O) groups excluding carboxylic acids is 1. The molecule has 0 amide bonds. The third-order valence-corrected chi connectivity index (χ3v) is 5.09. The topological polar surface area (TPSA) is 93.5 Å². The van der Waals surface area contributed by atoms with Crippen LogP contribution in [-0.2, 0) is 4.74 Å². The van der Waals surface area contributed by atoms with E-state index >= 15 is 0 Å². The molecule has 0 radical (unpaired) electrons. The zero-order valence-corrected chi connectivity index (χ0v) is 16.2. The molecule has 8 heteroatoms. The highest BCUT2D eigenvalue weighted by atomic mass is 32.1. The van der Waals surface area contributed by atoms with Crippen molar-refractivity contribution in [1.82, 2.24) is 4.98 Å². The molecule has 7 nitrogen and oxygen atoms in total. The normalized spacial score (nSPS) is 12.3. The van der Waals surface area contributed by atoms with Gasteiger partial charge in [0, 0.05) is 22.8 Å². The highest BCUT2D eigenvalue weighted by Crippen LogP contribution is 2.36. The lowest BCUT2D eigenvalue weighted by Gasteiger charge is -2.03. The molecule has 0 saturated heterocycles. The molecule has 0 spiro atoms. The van der Waals surface area contributed by atoms with E-state index in [1.165, 1.54) is 18.4 Å². The zero-order valence-electron chi connectivity index (χ0n) is 15.3. The van der Waals surface area contributed by atoms with Crippen molar-refractivity contribution in [3.8, 4) is 28.8 Å². The van der Waals surface area contributed by atoms with Gasteiger partial charge in [0.15, 0.2) is 11.5 Å². The monoisotopic (exact) mass is 405 g/mol. The molecular formula is C21H15N3O4S. The number of esters is 1. The Kier molecular flexibility index (Phi) is 5.14. The standard InChI is InChI=1S/C21H15N3O4S/c1-26-21(25)13-2-5-16(6-3-13)23-10-15(9-22)20-24-17(11-29-20)14-4-7-18-19(8-14)28-12-27-18/h2-8,10-11,23H,12H2,1H3. The number of ether oxygens (including phenoxy) is 3. The maximum absolute atomic E-state index is 11.5. The fourth-order valence-corrected chi connectivity index (χ4v) is 3.50. The van der Waals surface area contributed by atoms with Crippen LogP contribution < -0.4 is 14.8 Å². The number of hydrogen-bond donors (Lipinski definition) is 1. The van der Waals surface area contributed by atoms with Crippen molar-refractivity contribution in [2.75, 3.05) is 19.2 Å². The van der Waals surface area contributed by atoms with Crippen molar-refractivity contribution in [1.29, 1.82) is 5.26 Å². The van der Waals surface area contributed by atoms with Crippen LogP contribution in [0.5, 0.6) is 11.5 Å². The third-order valence-electron chi connectivity index (χ3n) is 4.21. The van der Waals surface area contributed by atoms with Crippen molar-refractivity contribution in [2.45, 2.75) is 0 Å². The van der Waals surface area contributed by atoms with Crippen LogP contribution in [0.15, 0.2) is 54.0 Å². The molecule has 2 aromatic carbocycles. The summed E-state index contributed by atoms with van der Waals surface area (Å²) < 4.78 is 15.4. The molecular weight excluding hydrogens is 390 g/mol. The average molecular weight is 405 g/mol. The van der Waals surface area contributed by atoms with Gasteiger partial charge < -0.3 is 19.5 Å². The number of benzene rings is 2. The average Bonchev–Trinajstić information content (AvgIpc) is 3.43. The summed E-state index contributed by atoms with van der Waals surface area (Å²) in [5.41, 5.74) is 3.24. The van der Waals surface area contributed by atoms with Crippen LogP contribution in [0, 0.1) is 11.3 Å². The van der Waals surface area contributed by atoms with Gasteiger partial charge in [-0.2, -0.15) is 5.26 Å². The minimum atomic E-state index is -0.399. The van der Waals surface area contributed by atoms with E-state index in [2.05, 4.69) is 21.1 Å².